The predicted molar refractivity (Wildman–Crippen MR) is 137 cm³/mol. The predicted octanol–water partition coefficient (Wildman–Crippen LogP) is 5.59. The molecule has 0 unspecified atom stereocenters. The number of carbonyl (C=O) groups excluding carboxylic acids is 1. The van der Waals surface area contributed by atoms with Gasteiger partial charge in [0, 0.05) is 18.2 Å². The number of alkyl halides is 3. The second-order valence-electron chi connectivity index (χ2n) is 8.61. The fraction of sp³-hybridized carbons (Fsp3) is 0.286. The number of hydrogen-bond acceptors (Lipinski definition) is 5. The second-order valence-corrected chi connectivity index (χ2v) is 8.61. The number of benzene rings is 3. The molecular weight excluding hydrogens is 483 g/mol. The van der Waals surface area contributed by atoms with Crippen molar-refractivity contribution in [2.24, 2.45) is 4.99 Å². The Labute approximate surface area is 213 Å². The number of halogens is 3. The zero-order chi connectivity index (χ0) is 26.6. The minimum absolute atomic E-state index is 0.0362. The van der Waals surface area contributed by atoms with Crippen molar-refractivity contribution in [2.75, 3.05) is 31.1 Å². The fourth-order valence-corrected chi connectivity index (χ4v) is 4.18. The van der Waals surface area contributed by atoms with Crippen molar-refractivity contribution in [3.05, 3.63) is 83.9 Å². The van der Waals surface area contributed by atoms with Crippen LogP contribution in [0.5, 0.6) is 5.75 Å². The highest BCUT2D eigenvalue weighted by atomic mass is 19.4. The molecule has 0 spiro atoms. The van der Waals surface area contributed by atoms with Gasteiger partial charge in [-0.25, -0.2) is 4.99 Å². The Morgan fingerprint density at radius 3 is 2.46 bits per heavy atom. The van der Waals surface area contributed by atoms with Crippen LogP contribution in [-0.4, -0.2) is 54.0 Å². The Bertz CT molecular complexity index is 1290. The minimum Gasteiger partial charge on any atom is -0.491 e. The molecule has 3 aromatic rings. The number of aliphatic imine (C=N–C) groups is 1. The van der Waals surface area contributed by atoms with Gasteiger partial charge in [-0.2, -0.15) is 13.2 Å². The molecule has 3 aromatic carbocycles. The Balaban J connectivity index is 1.60. The molecule has 0 radical (unpaired) electrons. The van der Waals surface area contributed by atoms with Gasteiger partial charge in [-0.1, -0.05) is 44.2 Å². The molecule has 0 aliphatic carbocycles. The van der Waals surface area contributed by atoms with Crippen LogP contribution in [-0.2, 0) is 11.0 Å². The SMILES string of the molecule is CCN(CC)C[C@H](O)COc1cccc(N2C(=O)C(=Nc3cccc(C(F)(F)F)c3)c3ccccc32)c1. The van der Waals surface area contributed by atoms with Crippen LogP contribution in [0.3, 0.4) is 0 Å². The maximum absolute atomic E-state index is 13.5. The van der Waals surface area contributed by atoms with Crippen molar-refractivity contribution in [1.29, 1.82) is 0 Å². The average molecular weight is 512 g/mol. The van der Waals surface area contributed by atoms with E-state index in [0.717, 1.165) is 25.2 Å². The molecule has 0 saturated heterocycles. The number of fused-ring (bicyclic) bond motifs is 1. The molecule has 1 atom stereocenters. The molecule has 6 nitrogen and oxygen atoms in total. The number of amides is 1. The number of para-hydroxylation sites is 1. The maximum atomic E-state index is 13.5. The molecule has 1 aliphatic rings. The van der Waals surface area contributed by atoms with Crippen molar-refractivity contribution >= 4 is 28.7 Å². The summed E-state index contributed by atoms with van der Waals surface area (Å²) in [4.78, 5) is 21.4. The highest BCUT2D eigenvalue weighted by Gasteiger charge is 2.35. The van der Waals surface area contributed by atoms with E-state index in [1.807, 2.05) is 13.8 Å². The number of carbonyl (C=O) groups is 1. The molecule has 1 aliphatic heterocycles. The van der Waals surface area contributed by atoms with Crippen molar-refractivity contribution in [2.45, 2.75) is 26.1 Å². The summed E-state index contributed by atoms with van der Waals surface area (Å²) >= 11 is 0. The maximum Gasteiger partial charge on any atom is 0.416 e. The van der Waals surface area contributed by atoms with Crippen molar-refractivity contribution in [3.63, 3.8) is 0 Å². The standard InChI is InChI=1S/C28H28F3N3O3/c1-3-33(4-2)17-22(35)18-37-23-12-8-11-21(16-23)34-25-14-6-5-13-24(25)26(27(34)36)32-20-10-7-9-19(15-20)28(29,30)31/h5-16,22,35H,3-4,17-18H2,1-2H3/t22-/m0/s1. The number of aliphatic hydroxyl groups is 1. The third kappa shape index (κ3) is 6.00. The van der Waals surface area contributed by atoms with Gasteiger partial charge in [0.2, 0.25) is 0 Å². The smallest absolute Gasteiger partial charge is 0.416 e. The molecular formula is C28H28F3N3O3. The molecule has 1 amide bonds. The summed E-state index contributed by atoms with van der Waals surface area (Å²) in [6, 6.07) is 18.5. The van der Waals surface area contributed by atoms with E-state index in [2.05, 4.69) is 9.89 Å². The lowest BCUT2D eigenvalue weighted by molar-refractivity contribution is -0.137. The molecule has 0 fully saturated rings. The first-order valence-electron chi connectivity index (χ1n) is 12.0. The summed E-state index contributed by atoms with van der Waals surface area (Å²) in [5.74, 6) is 0.0157. The van der Waals surface area contributed by atoms with E-state index in [0.29, 0.717) is 29.2 Å². The van der Waals surface area contributed by atoms with E-state index < -0.39 is 23.8 Å². The van der Waals surface area contributed by atoms with Crippen molar-refractivity contribution in [1.82, 2.24) is 4.90 Å². The quantitative estimate of drug-likeness (QED) is 0.407. The fourth-order valence-electron chi connectivity index (χ4n) is 4.18. The van der Waals surface area contributed by atoms with E-state index in [4.69, 9.17) is 4.74 Å². The number of hydrogen-bond donors (Lipinski definition) is 1. The zero-order valence-electron chi connectivity index (χ0n) is 20.6. The number of likely N-dealkylation sites (N-methyl/N-ethyl adjacent to an activating group) is 1. The van der Waals surface area contributed by atoms with Gasteiger partial charge in [0.25, 0.3) is 5.91 Å². The lowest BCUT2D eigenvalue weighted by Gasteiger charge is -2.22. The topological polar surface area (TPSA) is 65.4 Å². The van der Waals surface area contributed by atoms with Gasteiger partial charge in [-0.05, 0) is 49.5 Å². The molecule has 0 saturated carbocycles. The summed E-state index contributed by atoms with van der Waals surface area (Å²) in [7, 11) is 0. The van der Waals surface area contributed by atoms with Gasteiger partial charge in [0.1, 0.15) is 24.2 Å². The first-order valence-corrected chi connectivity index (χ1v) is 12.0. The monoisotopic (exact) mass is 511 g/mol. The first-order chi connectivity index (χ1) is 17.7. The van der Waals surface area contributed by atoms with Crippen molar-refractivity contribution in [3.8, 4) is 5.75 Å². The van der Waals surface area contributed by atoms with Gasteiger partial charge in [0.05, 0.1) is 22.6 Å². The van der Waals surface area contributed by atoms with Gasteiger partial charge in [-0.3, -0.25) is 9.69 Å². The van der Waals surface area contributed by atoms with Crippen LogP contribution in [0.15, 0.2) is 77.8 Å². The number of nitrogens with zero attached hydrogens (tertiary/aromatic N) is 3. The van der Waals surface area contributed by atoms with E-state index in [1.165, 1.54) is 17.0 Å². The van der Waals surface area contributed by atoms with Gasteiger partial charge in [-0.15, -0.1) is 0 Å². The third-order valence-corrected chi connectivity index (χ3v) is 6.10. The van der Waals surface area contributed by atoms with Crippen LogP contribution in [0.2, 0.25) is 0 Å². The second kappa shape index (κ2) is 11.1. The summed E-state index contributed by atoms with van der Waals surface area (Å²) < 4.78 is 45.3. The van der Waals surface area contributed by atoms with E-state index in [-0.39, 0.29) is 18.0 Å². The third-order valence-electron chi connectivity index (χ3n) is 6.10. The Kier molecular flexibility index (Phi) is 7.94. The van der Waals surface area contributed by atoms with Crippen LogP contribution in [0.4, 0.5) is 30.2 Å². The largest absolute Gasteiger partial charge is 0.491 e. The van der Waals surface area contributed by atoms with Gasteiger partial charge in [0.15, 0.2) is 0 Å². The van der Waals surface area contributed by atoms with Crippen LogP contribution in [0.25, 0.3) is 0 Å². The Morgan fingerprint density at radius 1 is 1.00 bits per heavy atom. The van der Waals surface area contributed by atoms with E-state index >= 15 is 0 Å². The van der Waals surface area contributed by atoms with Crippen LogP contribution in [0.1, 0.15) is 25.0 Å². The van der Waals surface area contributed by atoms with Crippen LogP contribution >= 0.6 is 0 Å². The van der Waals surface area contributed by atoms with Gasteiger partial charge < -0.3 is 14.7 Å². The van der Waals surface area contributed by atoms with Crippen LogP contribution in [0, 0.1) is 0 Å². The molecule has 0 aromatic heterocycles. The number of aliphatic hydroxyl groups excluding tert-OH is 1. The van der Waals surface area contributed by atoms with E-state index in [1.54, 1.807) is 48.5 Å². The molecule has 1 heterocycles. The normalized spacial score (nSPS) is 15.4. The minimum atomic E-state index is -4.51. The lowest BCUT2D eigenvalue weighted by atomic mass is 10.1. The first kappa shape index (κ1) is 26.4. The average Bonchev–Trinajstić information content (AvgIpc) is 3.17. The van der Waals surface area contributed by atoms with E-state index in [9.17, 15) is 23.1 Å². The molecule has 9 heteroatoms. The molecule has 0 bridgehead atoms. The lowest BCUT2D eigenvalue weighted by Crippen LogP contribution is -2.35. The number of anilines is 2. The Hall–Kier alpha value is -3.69. The number of rotatable bonds is 9. The van der Waals surface area contributed by atoms with Crippen molar-refractivity contribution < 1.29 is 27.8 Å². The number of ether oxygens (including phenoxy) is 1. The summed E-state index contributed by atoms with van der Waals surface area (Å²) in [5.41, 5.74) is 0.855. The molecule has 37 heavy (non-hydrogen) atoms. The van der Waals surface area contributed by atoms with Crippen LogP contribution < -0.4 is 9.64 Å². The Morgan fingerprint density at radius 2 is 1.73 bits per heavy atom. The molecule has 4 rings (SSSR count). The summed E-state index contributed by atoms with van der Waals surface area (Å²) in [5, 5.41) is 10.3. The van der Waals surface area contributed by atoms with Gasteiger partial charge >= 0.3 is 6.18 Å². The highest BCUT2D eigenvalue weighted by Crippen LogP contribution is 2.38. The molecule has 1 N–H and O–H groups in total. The summed E-state index contributed by atoms with van der Waals surface area (Å²) in [6.45, 7) is 6.27. The summed E-state index contributed by atoms with van der Waals surface area (Å²) in [6.07, 6.45) is -5.19. The molecule has 194 valence electrons. The zero-order valence-corrected chi connectivity index (χ0v) is 20.6. The highest BCUT2D eigenvalue weighted by molar-refractivity contribution is 6.56.